The maximum Gasteiger partial charge on any atom is 0.353 e. The van der Waals surface area contributed by atoms with E-state index in [2.05, 4.69) is 26.5 Å². The van der Waals surface area contributed by atoms with Crippen molar-refractivity contribution in [3.63, 3.8) is 0 Å². The molecule has 1 heterocycles. The molecule has 0 atom stereocenters. The van der Waals surface area contributed by atoms with E-state index in [4.69, 9.17) is 11.5 Å². The van der Waals surface area contributed by atoms with Crippen molar-refractivity contribution in [2.45, 2.75) is 24.8 Å². The number of nitrogens with one attached hydrogen (secondary N) is 3. The molecule has 0 unspecified atom stereocenters. The van der Waals surface area contributed by atoms with Gasteiger partial charge in [-0.25, -0.2) is 14.6 Å². The van der Waals surface area contributed by atoms with E-state index < -0.39 is 11.5 Å². The summed E-state index contributed by atoms with van der Waals surface area (Å²) in [6, 6.07) is -0.383. The lowest BCUT2D eigenvalue weighted by Gasteiger charge is -2.40. The molecule has 2 amide bonds. The van der Waals surface area contributed by atoms with Gasteiger partial charge >= 0.3 is 12.0 Å². The van der Waals surface area contributed by atoms with Crippen molar-refractivity contribution < 1.29 is 14.7 Å². The molecule has 2 rings (SSSR count). The van der Waals surface area contributed by atoms with Crippen molar-refractivity contribution in [2.75, 3.05) is 6.54 Å². The first kappa shape index (κ1) is 13.0. The SMILES string of the molecule is C#CCNC(=O)NC1(c2ncc(C(=O)O)[nH]2)CCC1. The molecule has 1 fully saturated rings. The van der Waals surface area contributed by atoms with Gasteiger partial charge in [0, 0.05) is 0 Å². The third-order valence-electron chi connectivity index (χ3n) is 3.17. The van der Waals surface area contributed by atoms with Crippen LogP contribution in [0, 0.1) is 12.3 Å². The molecule has 7 heteroatoms. The van der Waals surface area contributed by atoms with E-state index in [1.807, 2.05) is 0 Å². The second-order valence-corrected chi connectivity index (χ2v) is 4.40. The maximum absolute atomic E-state index is 11.6. The predicted octanol–water partition coefficient (Wildman–Crippen LogP) is 0.419. The molecule has 0 saturated heterocycles. The van der Waals surface area contributed by atoms with Gasteiger partial charge in [0.05, 0.1) is 18.3 Å². The number of nitrogens with zero attached hydrogens (tertiary/aromatic N) is 1. The van der Waals surface area contributed by atoms with Gasteiger partial charge in [-0.3, -0.25) is 0 Å². The van der Waals surface area contributed by atoms with E-state index in [9.17, 15) is 9.59 Å². The third-order valence-corrected chi connectivity index (χ3v) is 3.17. The van der Waals surface area contributed by atoms with Crippen molar-refractivity contribution in [3.8, 4) is 12.3 Å². The summed E-state index contributed by atoms with van der Waals surface area (Å²) in [5.41, 5.74) is -0.612. The summed E-state index contributed by atoms with van der Waals surface area (Å²) < 4.78 is 0. The van der Waals surface area contributed by atoms with Crippen LogP contribution in [0.3, 0.4) is 0 Å². The number of H-pyrrole nitrogens is 1. The molecule has 100 valence electrons. The molecule has 7 nitrogen and oxygen atoms in total. The zero-order valence-electron chi connectivity index (χ0n) is 10.2. The average Bonchev–Trinajstić information content (AvgIpc) is 2.81. The number of aromatic carboxylic acids is 1. The molecule has 0 bridgehead atoms. The summed E-state index contributed by atoms with van der Waals surface area (Å²) in [4.78, 5) is 29.2. The topological polar surface area (TPSA) is 107 Å². The number of urea groups is 1. The minimum atomic E-state index is -1.08. The predicted molar refractivity (Wildman–Crippen MR) is 66.4 cm³/mol. The zero-order chi connectivity index (χ0) is 13.9. The Morgan fingerprint density at radius 2 is 2.32 bits per heavy atom. The molecule has 1 aliphatic carbocycles. The van der Waals surface area contributed by atoms with Gasteiger partial charge in [-0.2, -0.15) is 0 Å². The van der Waals surface area contributed by atoms with Gasteiger partial charge in [0.15, 0.2) is 0 Å². The van der Waals surface area contributed by atoms with Crippen LogP contribution in [0.25, 0.3) is 0 Å². The molecular formula is C12H14N4O3. The van der Waals surface area contributed by atoms with Crippen LogP contribution < -0.4 is 10.6 Å². The van der Waals surface area contributed by atoms with Crippen LogP contribution in [0.1, 0.15) is 35.6 Å². The summed E-state index contributed by atoms with van der Waals surface area (Å²) in [5, 5.41) is 14.2. The van der Waals surface area contributed by atoms with Crippen molar-refractivity contribution in [1.82, 2.24) is 20.6 Å². The molecule has 1 aromatic rings. The summed E-state index contributed by atoms with van der Waals surface area (Å²) >= 11 is 0. The lowest BCUT2D eigenvalue weighted by Crippen LogP contribution is -2.54. The first-order valence-corrected chi connectivity index (χ1v) is 5.86. The van der Waals surface area contributed by atoms with E-state index in [1.165, 1.54) is 6.20 Å². The highest BCUT2D eigenvalue weighted by Gasteiger charge is 2.42. The molecule has 0 spiro atoms. The largest absolute Gasteiger partial charge is 0.477 e. The number of terminal acetylenes is 1. The average molecular weight is 262 g/mol. The van der Waals surface area contributed by atoms with Crippen LogP contribution in [0.4, 0.5) is 4.79 Å². The highest BCUT2D eigenvalue weighted by atomic mass is 16.4. The molecule has 0 radical (unpaired) electrons. The van der Waals surface area contributed by atoms with Gasteiger partial charge < -0.3 is 20.7 Å². The number of carbonyl (C=O) groups is 2. The van der Waals surface area contributed by atoms with Gasteiger partial charge in [-0.1, -0.05) is 5.92 Å². The fraction of sp³-hybridized carbons (Fsp3) is 0.417. The van der Waals surface area contributed by atoms with Gasteiger partial charge in [0.1, 0.15) is 11.5 Å². The molecule has 0 aromatic carbocycles. The first-order chi connectivity index (χ1) is 9.07. The van der Waals surface area contributed by atoms with E-state index >= 15 is 0 Å². The molecule has 19 heavy (non-hydrogen) atoms. The number of aromatic amines is 1. The first-order valence-electron chi connectivity index (χ1n) is 5.86. The molecule has 1 aliphatic rings. The number of carboxylic acids is 1. The molecule has 4 N–H and O–H groups in total. The fourth-order valence-corrected chi connectivity index (χ4v) is 2.02. The van der Waals surface area contributed by atoms with Crippen LogP contribution >= 0.6 is 0 Å². The highest BCUT2D eigenvalue weighted by Crippen LogP contribution is 2.39. The second-order valence-electron chi connectivity index (χ2n) is 4.40. The van der Waals surface area contributed by atoms with Crippen molar-refractivity contribution in [1.29, 1.82) is 0 Å². The van der Waals surface area contributed by atoms with Crippen LogP contribution in [-0.4, -0.2) is 33.6 Å². The number of hydrogen-bond acceptors (Lipinski definition) is 3. The number of imidazole rings is 1. The maximum atomic E-state index is 11.6. The summed E-state index contributed by atoms with van der Waals surface area (Å²) in [6.45, 7) is 0.139. The smallest absolute Gasteiger partial charge is 0.353 e. The summed E-state index contributed by atoms with van der Waals surface area (Å²) in [6.07, 6.45) is 8.67. The van der Waals surface area contributed by atoms with Crippen LogP contribution in [0.5, 0.6) is 0 Å². The Balaban J connectivity index is 2.11. The van der Waals surface area contributed by atoms with Crippen LogP contribution in [-0.2, 0) is 5.54 Å². The molecule has 1 aromatic heterocycles. The molecule has 0 aliphatic heterocycles. The Morgan fingerprint density at radius 1 is 1.58 bits per heavy atom. The Labute approximate surface area is 109 Å². The normalized spacial score (nSPS) is 15.9. The number of aromatic nitrogens is 2. The van der Waals surface area contributed by atoms with Crippen molar-refractivity contribution in [2.24, 2.45) is 0 Å². The number of amides is 2. The van der Waals surface area contributed by atoms with E-state index in [1.54, 1.807) is 0 Å². The number of hydrogen-bond donors (Lipinski definition) is 4. The number of carbonyl (C=O) groups excluding carboxylic acids is 1. The Kier molecular flexibility index (Phi) is 3.42. The molecule has 1 saturated carbocycles. The van der Waals surface area contributed by atoms with Crippen LogP contribution in [0.2, 0.25) is 0 Å². The van der Waals surface area contributed by atoms with Gasteiger partial charge in [-0.15, -0.1) is 6.42 Å². The van der Waals surface area contributed by atoms with Gasteiger partial charge in [-0.05, 0) is 19.3 Å². The van der Waals surface area contributed by atoms with Crippen molar-refractivity contribution in [3.05, 3.63) is 17.7 Å². The number of rotatable bonds is 4. The highest BCUT2D eigenvalue weighted by molar-refractivity contribution is 5.85. The fourth-order valence-electron chi connectivity index (χ4n) is 2.02. The zero-order valence-corrected chi connectivity index (χ0v) is 10.2. The van der Waals surface area contributed by atoms with E-state index in [-0.39, 0.29) is 18.3 Å². The Bertz CT molecular complexity index is 539. The quantitative estimate of drug-likeness (QED) is 0.590. The van der Waals surface area contributed by atoms with Gasteiger partial charge in [0.2, 0.25) is 0 Å². The van der Waals surface area contributed by atoms with Gasteiger partial charge in [0.25, 0.3) is 0 Å². The minimum Gasteiger partial charge on any atom is -0.477 e. The second kappa shape index (κ2) is 5.02. The van der Waals surface area contributed by atoms with E-state index in [0.29, 0.717) is 18.7 Å². The monoisotopic (exact) mass is 262 g/mol. The molecular weight excluding hydrogens is 248 g/mol. The van der Waals surface area contributed by atoms with Crippen LogP contribution in [0.15, 0.2) is 6.20 Å². The lowest BCUT2D eigenvalue weighted by molar-refractivity contribution is 0.0690. The number of carboxylic acid groups (broad SMARTS) is 1. The Morgan fingerprint density at radius 3 is 2.79 bits per heavy atom. The Hall–Kier alpha value is -2.49. The standard InChI is InChI=1S/C12H14N4O3/c1-2-6-13-11(19)16-12(4-3-5-12)10-14-7-8(15-10)9(17)18/h1,7H,3-6H2,(H,14,15)(H,17,18)(H2,13,16,19). The summed E-state index contributed by atoms with van der Waals surface area (Å²) in [5.74, 6) is 1.69. The van der Waals surface area contributed by atoms with E-state index in [0.717, 1.165) is 6.42 Å². The summed E-state index contributed by atoms with van der Waals surface area (Å²) in [7, 11) is 0. The lowest BCUT2D eigenvalue weighted by atomic mass is 9.76. The minimum absolute atomic E-state index is 0.00658. The third kappa shape index (κ3) is 2.52. The van der Waals surface area contributed by atoms with Crippen molar-refractivity contribution >= 4 is 12.0 Å².